The molecule has 1 aromatic rings. The highest BCUT2D eigenvalue weighted by molar-refractivity contribution is 5.97. The van der Waals surface area contributed by atoms with Crippen LogP contribution < -0.4 is 4.90 Å². The van der Waals surface area contributed by atoms with Crippen molar-refractivity contribution in [3.05, 3.63) is 41.6 Å². The monoisotopic (exact) mass is 341 g/mol. The average molecular weight is 342 g/mol. The van der Waals surface area contributed by atoms with Gasteiger partial charge in [-0.1, -0.05) is 70.6 Å². The maximum Gasteiger partial charge on any atom is 0.160 e. The van der Waals surface area contributed by atoms with Gasteiger partial charge < -0.3 is 4.90 Å². The van der Waals surface area contributed by atoms with Crippen molar-refractivity contribution in [1.29, 1.82) is 0 Å². The summed E-state index contributed by atoms with van der Waals surface area (Å²) in [6.45, 7) is 9.74. The van der Waals surface area contributed by atoms with Crippen LogP contribution in [0.3, 0.4) is 0 Å². The van der Waals surface area contributed by atoms with Crippen LogP contribution in [0.1, 0.15) is 77.7 Å². The minimum absolute atomic E-state index is 0.0134. The molecule has 0 unspecified atom stereocenters. The predicted molar refractivity (Wildman–Crippen MR) is 108 cm³/mol. The van der Waals surface area contributed by atoms with Crippen molar-refractivity contribution in [1.82, 2.24) is 0 Å². The second-order valence-electron chi connectivity index (χ2n) is 8.15. The third kappa shape index (κ3) is 5.73. The highest BCUT2D eigenvalue weighted by Gasteiger charge is 2.32. The molecule has 0 amide bonds. The molecule has 0 radical (unpaired) electrons. The Labute approximate surface area is 154 Å². The lowest BCUT2D eigenvalue weighted by molar-refractivity contribution is -0.116. The predicted octanol–water partition coefficient (Wildman–Crippen LogP) is 6.43. The zero-order valence-corrected chi connectivity index (χ0v) is 16.6. The lowest BCUT2D eigenvalue weighted by Crippen LogP contribution is -2.35. The van der Waals surface area contributed by atoms with Gasteiger partial charge >= 0.3 is 0 Å². The van der Waals surface area contributed by atoms with Crippen molar-refractivity contribution in [3.8, 4) is 0 Å². The molecule has 0 N–H and O–H groups in total. The summed E-state index contributed by atoms with van der Waals surface area (Å²) < 4.78 is 0. The molecule has 138 valence electrons. The summed E-state index contributed by atoms with van der Waals surface area (Å²) in [4.78, 5) is 15.1. The van der Waals surface area contributed by atoms with Crippen molar-refractivity contribution in [2.75, 3.05) is 11.4 Å². The zero-order chi connectivity index (χ0) is 18.3. The summed E-state index contributed by atoms with van der Waals surface area (Å²) in [6, 6.07) is 8.58. The summed E-state index contributed by atoms with van der Waals surface area (Å²) >= 11 is 0. The quantitative estimate of drug-likeness (QED) is 0.482. The Kier molecular flexibility index (Phi) is 7.28. The average Bonchev–Trinajstić information content (AvgIpc) is 2.58. The largest absolute Gasteiger partial charge is 0.348 e. The Bertz CT molecular complexity index is 583. The normalized spacial score (nSPS) is 16.6. The molecule has 2 heteroatoms. The van der Waals surface area contributed by atoms with Gasteiger partial charge in [0.2, 0.25) is 0 Å². The molecular formula is C23H35NO. The van der Waals surface area contributed by atoms with Crippen LogP contribution in [0, 0.1) is 12.3 Å². The van der Waals surface area contributed by atoms with Crippen molar-refractivity contribution < 1.29 is 4.79 Å². The number of ketones is 1. The first-order valence-corrected chi connectivity index (χ1v) is 10.0. The van der Waals surface area contributed by atoms with Crippen LogP contribution in [0.2, 0.25) is 0 Å². The maximum absolute atomic E-state index is 12.8. The number of aryl methyl sites for hydroxylation is 1. The number of allylic oxidation sites excluding steroid dienone is 1. The third-order valence-corrected chi connectivity index (χ3v) is 5.42. The summed E-state index contributed by atoms with van der Waals surface area (Å²) in [5.74, 6) is 0.345. The van der Waals surface area contributed by atoms with Crippen molar-refractivity contribution in [2.45, 2.75) is 79.1 Å². The second-order valence-corrected chi connectivity index (χ2v) is 8.15. The summed E-state index contributed by atoms with van der Waals surface area (Å²) in [7, 11) is 0. The van der Waals surface area contributed by atoms with E-state index in [2.05, 4.69) is 63.1 Å². The molecule has 2 rings (SSSR count). The number of carbonyl (C=O) groups is 1. The third-order valence-electron chi connectivity index (χ3n) is 5.42. The van der Waals surface area contributed by atoms with Crippen LogP contribution in [0.5, 0.6) is 0 Å². The van der Waals surface area contributed by atoms with E-state index in [1.807, 2.05) is 0 Å². The molecule has 0 bridgehead atoms. The molecule has 0 fully saturated rings. The fourth-order valence-corrected chi connectivity index (χ4v) is 3.52. The summed E-state index contributed by atoms with van der Waals surface area (Å²) in [5.41, 5.74) is 3.45. The minimum Gasteiger partial charge on any atom is -0.348 e. The number of rotatable bonds is 9. The van der Waals surface area contributed by atoms with Crippen molar-refractivity contribution in [2.24, 2.45) is 5.41 Å². The SMILES string of the molecule is CCCCCCCCC(=O)C1=CN(c2ccc(C)cc2)CCC1(C)C. The number of benzene rings is 1. The molecule has 1 aliphatic heterocycles. The number of unbranched alkanes of at least 4 members (excludes halogenated alkanes) is 5. The van der Waals surface area contributed by atoms with Crippen LogP contribution in [-0.4, -0.2) is 12.3 Å². The van der Waals surface area contributed by atoms with Gasteiger partial charge in [0.15, 0.2) is 5.78 Å². The van der Waals surface area contributed by atoms with Gasteiger partial charge in [0.05, 0.1) is 0 Å². The molecule has 1 aliphatic rings. The van der Waals surface area contributed by atoms with Crippen LogP contribution in [0.4, 0.5) is 5.69 Å². The molecular weight excluding hydrogens is 306 g/mol. The Morgan fingerprint density at radius 1 is 1.04 bits per heavy atom. The number of carbonyl (C=O) groups excluding carboxylic acids is 1. The highest BCUT2D eigenvalue weighted by atomic mass is 16.1. The van der Waals surface area contributed by atoms with E-state index in [9.17, 15) is 4.79 Å². The summed E-state index contributed by atoms with van der Waals surface area (Å²) in [6.07, 6.45) is 11.2. The lowest BCUT2D eigenvalue weighted by Gasteiger charge is -2.37. The summed E-state index contributed by atoms with van der Waals surface area (Å²) in [5, 5.41) is 0. The van der Waals surface area contributed by atoms with Crippen LogP contribution in [0.25, 0.3) is 0 Å². The Balaban J connectivity index is 1.99. The van der Waals surface area contributed by atoms with E-state index < -0.39 is 0 Å². The van der Waals surface area contributed by atoms with E-state index in [0.29, 0.717) is 12.2 Å². The van der Waals surface area contributed by atoms with E-state index in [1.165, 1.54) is 43.4 Å². The van der Waals surface area contributed by atoms with Crippen LogP contribution in [0.15, 0.2) is 36.0 Å². The topological polar surface area (TPSA) is 20.3 Å². The van der Waals surface area contributed by atoms with Gasteiger partial charge in [-0.15, -0.1) is 0 Å². The zero-order valence-electron chi connectivity index (χ0n) is 16.6. The van der Waals surface area contributed by atoms with Gasteiger partial charge in [-0.25, -0.2) is 0 Å². The van der Waals surface area contributed by atoms with E-state index in [4.69, 9.17) is 0 Å². The highest BCUT2D eigenvalue weighted by Crippen LogP contribution is 2.37. The van der Waals surface area contributed by atoms with Gasteiger partial charge in [0.25, 0.3) is 0 Å². The first-order valence-electron chi connectivity index (χ1n) is 10.0. The fourth-order valence-electron chi connectivity index (χ4n) is 3.52. The van der Waals surface area contributed by atoms with Crippen LogP contribution >= 0.6 is 0 Å². The molecule has 1 heterocycles. The molecule has 0 saturated carbocycles. The van der Waals surface area contributed by atoms with Crippen molar-refractivity contribution in [3.63, 3.8) is 0 Å². The number of anilines is 1. The Morgan fingerprint density at radius 2 is 1.68 bits per heavy atom. The molecule has 25 heavy (non-hydrogen) atoms. The number of Topliss-reactive ketones (excluding diaryl/α,β-unsaturated/α-hetero) is 1. The van der Waals surface area contributed by atoms with Gasteiger partial charge in [-0.3, -0.25) is 4.79 Å². The minimum atomic E-state index is -0.0134. The molecule has 2 nitrogen and oxygen atoms in total. The molecule has 0 aliphatic carbocycles. The van der Waals surface area contributed by atoms with Gasteiger partial charge in [0, 0.05) is 30.4 Å². The molecule has 0 atom stereocenters. The molecule has 0 saturated heterocycles. The first-order chi connectivity index (χ1) is 11.9. The van der Waals surface area contributed by atoms with Gasteiger partial charge in [-0.05, 0) is 37.3 Å². The number of hydrogen-bond acceptors (Lipinski definition) is 2. The van der Waals surface area contributed by atoms with Gasteiger partial charge in [-0.2, -0.15) is 0 Å². The van der Waals surface area contributed by atoms with E-state index in [-0.39, 0.29) is 5.41 Å². The fraction of sp³-hybridized carbons (Fsp3) is 0.609. The molecule has 0 spiro atoms. The maximum atomic E-state index is 12.8. The van der Waals surface area contributed by atoms with Crippen LogP contribution in [-0.2, 0) is 4.79 Å². The second kappa shape index (κ2) is 9.22. The first kappa shape index (κ1) is 19.8. The Hall–Kier alpha value is -1.57. The van der Waals surface area contributed by atoms with E-state index >= 15 is 0 Å². The molecule has 1 aromatic carbocycles. The smallest absolute Gasteiger partial charge is 0.160 e. The Morgan fingerprint density at radius 3 is 2.36 bits per heavy atom. The molecule has 0 aromatic heterocycles. The van der Waals surface area contributed by atoms with Gasteiger partial charge in [0.1, 0.15) is 0 Å². The standard InChI is InChI=1S/C23H35NO/c1-5-6-7-8-9-10-11-22(25)21-18-24(17-16-23(21,3)4)20-14-12-19(2)13-15-20/h12-15,18H,5-11,16-17H2,1-4H3. The lowest BCUT2D eigenvalue weighted by atomic mass is 9.76. The van der Waals surface area contributed by atoms with E-state index in [1.54, 1.807) is 0 Å². The number of hydrogen-bond donors (Lipinski definition) is 0. The van der Waals surface area contributed by atoms with Crippen molar-refractivity contribution >= 4 is 11.5 Å². The van der Waals surface area contributed by atoms with E-state index in [0.717, 1.165) is 25.0 Å². The number of nitrogens with zero attached hydrogens (tertiary/aromatic N) is 1.